The largest absolute Gasteiger partial charge is 0.477 e. The van der Waals surface area contributed by atoms with E-state index in [0.29, 0.717) is 24.5 Å². The number of carbonyl (C=O) groups is 2. The van der Waals surface area contributed by atoms with Crippen LogP contribution in [0.4, 0.5) is 0 Å². The second-order valence-corrected chi connectivity index (χ2v) is 6.25. The number of aromatic carboxylic acids is 1. The Morgan fingerprint density at radius 2 is 1.88 bits per heavy atom. The van der Waals surface area contributed by atoms with Gasteiger partial charge in [0.25, 0.3) is 5.91 Å². The van der Waals surface area contributed by atoms with Gasteiger partial charge >= 0.3 is 5.97 Å². The first-order valence-electron chi connectivity index (χ1n) is 8.27. The van der Waals surface area contributed by atoms with E-state index in [4.69, 9.17) is 0 Å². The van der Waals surface area contributed by atoms with Gasteiger partial charge in [-0.1, -0.05) is 18.2 Å². The Bertz CT molecular complexity index is 935. The number of aromatic nitrogens is 3. The Morgan fingerprint density at radius 3 is 2.64 bits per heavy atom. The quantitative estimate of drug-likeness (QED) is 0.768. The van der Waals surface area contributed by atoms with Crippen molar-refractivity contribution in [1.29, 1.82) is 0 Å². The molecule has 0 bridgehead atoms. The average molecular weight is 338 g/mol. The number of likely N-dealkylation sites (tertiary alicyclic amines) is 1. The Balaban J connectivity index is 1.49. The van der Waals surface area contributed by atoms with Gasteiger partial charge in [-0.15, -0.1) is 0 Å². The maximum Gasteiger partial charge on any atom is 0.352 e. The molecule has 1 amide bonds. The minimum absolute atomic E-state index is 0.0816. The molecule has 1 aliphatic rings. The molecular weight excluding hydrogens is 320 g/mol. The van der Waals surface area contributed by atoms with Crippen LogP contribution in [0.15, 0.2) is 42.6 Å². The topological polar surface area (TPSA) is 91.2 Å². The van der Waals surface area contributed by atoms with Gasteiger partial charge in [0, 0.05) is 30.7 Å². The zero-order chi connectivity index (χ0) is 17.4. The summed E-state index contributed by atoms with van der Waals surface area (Å²) in [6.07, 6.45) is 3.25. The predicted octanol–water partition coefficient (Wildman–Crippen LogP) is 2.54. The zero-order valence-corrected chi connectivity index (χ0v) is 13.6. The Labute approximate surface area is 143 Å². The van der Waals surface area contributed by atoms with Gasteiger partial charge < -0.3 is 14.6 Å². The third kappa shape index (κ3) is 2.67. The number of hydrogen-bond donors (Lipinski definition) is 2. The first-order valence-corrected chi connectivity index (χ1v) is 8.27. The van der Waals surface area contributed by atoms with Crippen LogP contribution in [0.3, 0.4) is 0 Å². The first kappa shape index (κ1) is 15.4. The Morgan fingerprint density at radius 1 is 1.12 bits per heavy atom. The molecule has 3 heterocycles. The SMILES string of the molecule is O=C(O)c1cccn1C1CCN(C(=O)c2n[nH]c3ccccc23)CC1. The van der Waals surface area contributed by atoms with E-state index in [2.05, 4.69) is 10.2 Å². The predicted molar refractivity (Wildman–Crippen MR) is 91.7 cm³/mol. The van der Waals surface area contributed by atoms with Crippen LogP contribution in [-0.2, 0) is 0 Å². The van der Waals surface area contributed by atoms with E-state index in [1.165, 1.54) is 0 Å². The van der Waals surface area contributed by atoms with Crippen LogP contribution in [0.2, 0.25) is 0 Å². The summed E-state index contributed by atoms with van der Waals surface area (Å²) >= 11 is 0. The zero-order valence-electron chi connectivity index (χ0n) is 13.6. The highest BCUT2D eigenvalue weighted by Gasteiger charge is 2.28. The van der Waals surface area contributed by atoms with Gasteiger partial charge in [0.1, 0.15) is 5.69 Å². The number of fused-ring (bicyclic) bond motifs is 1. The van der Waals surface area contributed by atoms with Crippen molar-refractivity contribution in [3.05, 3.63) is 54.0 Å². The molecule has 4 rings (SSSR count). The number of carbonyl (C=O) groups excluding carboxylic acids is 1. The van der Waals surface area contributed by atoms with Crippen molar-refractivity contribution in [3.63, 3.8) is 0 Å². The molecule has 1 aliphatic heterocycles. The van der Waals surface area contributed by atoms with Crippen LogP contribution in [0, 0.1) is 0 Å². The van der Waals surface area contributed by atoms with E-state index >= 15 is 0 Å². The van der Waals surface area contributed by atoms with Crippen molar-refractivity contribution in [2.75, 3.05) is 13.1 Å². The van der Waals surface area contributed by atoms with Gasteiger partial charge in [0.15, 0.2) is 5.69 Å². The third-order valence-electron chi connectivity index (χ3n) is 4.82. The molecule has 2 N–H and O–H groups in total. The van der Waals surface area contributed by atoms with Gasteiger partial charge in [-0.2, -0.15) is 5.10 Å². The molecule has 0 atom stereocenters. The number of para-hydroxylation sites is 1. The second-order valence-electron chi connectivity index (χ2n) is 6.25. The molecular formula is C18H18N4O3. The smallest absolute Gasteiger partial charge is 0.352 e. The molecule has 2 aromatic heterocycles. The van der Waals surface area contributed by atoms with E-state index in [0.717, 1.165) is 23.7 Å². The molecule has 0 saturated carbocycles. The Hall–Kier alpha value is -3.09. The second kappa shape index (κ2) is 6.08. The maximum absolute atomic E-state index is 12.8. The van der Waals surface area contributed by atoms with Crippen molar-refractivity contribution in [3.8, 4) is 0 Å². The lowest BCUT2D eigenvalue weighted by molar-refractivity contribution is 0.0648. The number of carboxylic acid groups (broad SMARTS) is 1. The van der Waals surface area contributed by atoms with Gasteiger partial charge in [-0.05, 0) is 31.0 Å². The first-order chi connectivity index (χ1) is 12.1. The van der Waals surface area contributed by atoms with Gasteiger partial charge in [0.2, 0.25) is 0 Å². The highest BCUT2D eigenvalue weighted by Crippen LogP contribution is 2.26. The lowest BCUT2D eigenvalue weighted by atomic mass is 10.0. The molecule has 0 spiro atoms. The van der Waals surface area contributed by atoms with Crippen LogP contribution in [0.1, 0.15) is 39.9 Å². The number of H-pyrrole nitrogens is 1. The Kier molecular flexibility index (Phi) is 3.76. The van der Waals surface area contributed by atoms with Crippen LogP contribution in [0.25, 0.3) is 10.9 Å². The molecule has 25 heavy (non-hydrogen) atoms. The van der Waals surface area contributed by atoms with Crippen molar-refractivity contribution < 1.29 is 14.7 Å². The number of benzene rings is 1. The molecule has 3 aromatic rings. The van der Waals surface area contributed by atoms with E-state index < -0.39 is 5.97 Å². The summed E-state index contributed by atoms with van der Waals surface area (Å²) in [6, 6.07) is 11.0. The van der Waals surface area contributed by atoms with Crippen molar-refractivity contribution >= 4 is 22.8 Å². The highest BCUT2D eigenvalue weighted by atomic mass is 16.4. The normalized spacial score (nSPS) is 15.6. The molecule has 0 aliphatic carbocycles. The van der Waals surface area contributed by atoms with E-state index in [1.807, 2.05) is 24.3 Å². The lowest BCUT2D eigenvalue weighted by Crippen LogP contribution is -2.39. The van der Waals surface area contributed by atoms with Crippen molar-refractivity contribution in [1.82, 2.24) is 19.7 Å². The molecule has 0 unspecified atom stereocenters. The summed E-state index contributed by atoms with van der Waals surface area (Å²) in [5.41, 5.74) is 1.59. The molecule has 0 radical (unpaired) electrons. The molecule has 128 valence electrons. The summed E-state index contributed by atoms with van der Waals surface area (Å²) < 4.78 is 1.80. The number of rotatable bonds is 3. The fourth-order valence-electron chi connectivity index (χ4n) is 3.52. The number of carboxylic acids is 1. The lowest BCUT2D eigenvalue weighted by Gasteiger charge is -2.33. The number of piperidine rings is 1. The van der Waals surface area contributed by atoms with Crippen LogP contribution >= 0.6 is 0 Å². The molecule has 7 nitrogen and oxygen atoms in total. The van der Waals surface area contributed by atoms with E-state index in [-0.39, 0.29) is 11.9 Å². The maximum atomic E-state index is 12.8. The summed E-state index contributed by atoms with van der Waals surface area (Å²) in [6.45, 7) is 1.17. The summed E-state index contributed by atoms with van der Waals surface area (Å²) in [5.74, 6) is -1.01. The fraction of sp³-hybridized carbons (Fsp3) is 0.278. The molecule has 1 aromatic carbocycles. The van der Waals surface area contributed by atoms with Gasteiger partial charge in [-0.25, -0.2) is 4.79 Å². The number of amides is 1. The monoisotopic (exact) mass is 338 g/mol. The minimum Gasteiger partial charge on any atom is -0.477 e. The van der Waals surface area contributed by atoms with Crippen LogP contribution in [-0.4, -0.2) is 49.7 Å². The average Bonchev–Trinajstić information content (AvgIpc) is 3.28. The van der Waals surface area contributed by atoms with Gasteiger partial charge in [0.05, 0.1) is 5.52 Å². The summed E-state index contributed by atoms with van der Waals surface area (Å²) in [7, 11) is 0. The van der Waals surface area contributed by atoms with Crippen LogP contribution in [0.5, 0.6) is 0 Å². The summed E-state index contributed by atoms with van der Waals surface area (Å²) in [4.78, 5) is 25.9. The van der Waals surface area contributed by atoms with Crippen molar-refractivity contribution in [2.45, 2.75) is 18.9 Å². The molecule has 7 heteroatoms. The van der Waals surface area contributed by atoms with E-state index in [1.54, 1.807) is 27.8 Å². The minimum atomic E-state index is -0.925. The number of nitrogens with zero attached hydrogens (tertiary/aromatic N) is 3. The summed E-state index contributed by atoms with van der Waals surface area (Å²) in [5, 5.41) is 17.2. The standard InChI is InChI=1S/C18H18N4O3/c23-17(16-13-4-1-2-5-14(13)19-20-16)21-10-7-12(8-11-21)22-9-3-6-15(22)18(24)25/h1-6,9,12H,7-8,10-11H2,(H,19,20)(H,24,25). The number of nitrogens with one attached hydrogen (secondary N) is 1. The van der Waals surface area contributed by atoms with Gasteiger partial charge in [-0.3, -0.25) is 9.89 Å². The highest BCUT2D eigenvalue weighted by molar-refractivity contribution is 6.04. The van der Waals surface area contributed by atoms with E-state index in [9.17, 15) is 14.7 Å². The number of hydrogen-bond acceptors (Lipinski definition) is 3. The number of aromatic amines is 1. The molecule has 1 fully saturated rings. The fourth-order valence-corrected chi connectivity index (χ4v) is 3.52. The molecule has 1 saturated heterocycles. The van der Waals surface area contributed by atoms with Crippen LogP contribution < -0.4 is 0 Å². The van der Waals surface area contributed by atoms with Crippen molar-refractivity contribution in [2.24, 2.45) is 0 Å². The third-order valence-corrected chi connectivity index (χ3v) is 4.82.